The smallest absolute Gasteiger partial charge is 0.125 e. The zero-order valence-corrected chi connectivity index (χ0v) is 9.92. The highest BCUT2D eigenvalue weighted by Crippen LogP contribution is 2.30. The van der Waals surface area contributed by atoms with E-state index in [0.29, 0.717) is 5.75 Å². The van der Waals surface area contributed by atoms with Crippen LogP contribution in [-0.4, -0.2) is 17.2 Å². The Kier molecular flexibility index (Phi) is 3.40. The van der Waals surface area contributed by atoms with Crippen LogP contribution >= 0.6 is 0 Å². The fraction of sp³-hybridized carbons (Fsp3) is 0.214. The van der Waals surface area contributed by atoms with Gasteiger partial charge in [0.1, 0.15) is 11.9 Å². The van der Waals surface area contributed by atoms with Crippen molar-refractivity contribution in [3.8, 4) is 5.75 Å². The number of aryl methyl sites for hydroxylation is 1. The number of benzene rings is 1. The summed E-state index contributed by atoms with van der Waals surface area (Å²) in [5.74, 6) is 0.684. The first-order valence-electron chi connectivity index (χ1n) is 5.45. The molecule has 1 aromatic heterocycles. The summed E-state index contributed by atoms with van der Waals surface area (Å²) in [6.45, 7) is 1.95. The summed E-state index contributed by atoms with van der Waals surface area (Å²) >= 11 is 0. The molecule has 88 valence electrons. The molecular formula is C14H15NO2. The average molecular weight is 229 g/mol. The van der Waals surface area contributed by atoms with E-state index in [0.717, 1.165) is 16.7 Å². The minimum atomic E-state index is -0.708. The summed E-state index contributed by atoms with van der Waals surface area (Å²) in [5, 5.41) is 10.4. The van der Waals surface area contributed by atoms with Crippen molar-refractivity contribution in [1.29, 1.82) is 0 Å². The lowest BCUT2D eigenvalue weighted by molar-refractivity contribution is 0.213. The summed E-state index contributed by atoms with van der Waals surface area (Å²) in [7, 11) is 1.60. The van der Waals surface area contributed by atoms with Crippen LogP contribution in [0.5, 0.6) is 5.75 Å². The molecule has 3 nitrogen and oxygen atoms in total. The van der Waals surface area contributed by atoms with Gasteiger partial charge in [0.05, 0.1) is 7.11 Å². The van der Waals surface area contributed by atoms with E-state index in [2.05, 4.69) is 4.98 Å². The van der Waals surface area contributed by atoms with Crippen molar-refractivity contribution in [2.45, 2.75) is 13.0 Å². The van der Waals surface area contributed by atoms with Gasteiger partial charge in [0.2, 0.25) is 0 Å². The number of methoxy groups -OCH3 is 1. The number of pyridine rings is 1. The number of aromatic nitrogens is 1. The lowest BCUT2D eigenvalue weighted by atomic mass is 9.99. The third-order valence-electron chi connectivity index (χ3n) is 2.81. The van der Waals surface area contributed by atoms with Crippen LogP contribution in [0.15, 0.2) is 42.7 Å². The van der Waals surface area contributed by atoms with E-state index in [9.17, 15) is 5.11 Å². The number of hydrogen-bond donors (Lipinski definition) is 1. The van der Waals surface area contributed by atoms with Gasteiger partial charge in [-0.1, -0.05) is 18.2 Å². The van der Waals surface area contributed by atoms with Crippen LogP contribution in [0, 0.1) is 6.92 Å². The zero-order valence-electron chi connectivity index (χ0n) is 9.92. The van der Waals surface area contributed by atoms with E-state index >= 15 is 0 Å². The maximum atomic E-state index is 10.4. The average Bonchev–Trinajstić information content (AvgIpc) is 2.38. The highest BCUT2D eigenvalue weighted by Gasteiger charge is 2.16. The number of nitrogens with zero attached hydrogens (tertiary/aromatic N) is 1. The van der Waals surface area contributed by atoms with Gasteiger partial charge in [-0.25, -0.2) is 0 Å². The van der Waals surface area contributed by atoms with Gasteiger partial charge in [-0.2, -0.15) is 0 Å². The normalized spacial score (nSPS) is 12.2. The van der Waals surface area contributed by atoms with Crippen LogP contribution in [-0.2, 0) is 0 Å². The van der Waals surface area contributed by atoms with Gasteiger partial charge >= 0.3 is 0 Å². The lowest BCUT2D eigenvalue weighted by Crippen LogP contribution is -2.04. The Labute approximate surface area is 101 Å². The highest BCUT2D eigenvalue weighted by atomic mass is 16.5. The first-order chi connectivity index (χ1) is 8.24. The largest absolute Gasteiger partial charge is 0.496 e. The van der Waals surface area contributed by atoms with E-state index in [1.165, 1.54) is 0 Å². The molecule has 0 saturated carbocycles. The molecule has 1 heterocycles. The minimum Gasteiger partial charge on any atom is -0.496 e. The first-order valence-corrected chi connectivity index (χ1v) is 5.45. The van der Waals surface area contributed by atoms with Crippen molar-refractivity contribution >= 4 is 0 Å². The molecule has 0 aliphatic carbocycles. The first kappa shape index (κ1) is 11.6. The Hall–Kier alpha value is -1.87. The summed E-state index contributed by atoms with van der Waals surface area (Å²) in [4.78, 5) is 4.05. The predicted molar refractivity (Wildman–Crippen MR) is 66.0 cm³/mol. The molecule has 1 aromatic carbocycles. The predicted octanol–water partition coefficient (Wildman–Crippen LogP) is 2.48. The number of aliphatic hydroxyl groups is 1. The molecule has 1 atom stereocenters. The Morgan fingerprint density at radius 3 is 2.65 bits per heavy atom. The van der Waals surface area contributed by atoms with Crippen LogP contribution in [0.25, 0.3) is 0 Å². The molecule has 17 heavy (non-hydrogen) atoms. The maximum Gasteiger partial charge on any atom is 0.125 e. The lowest BCUT2D eigenvalue weighted by Gasteiger charge is -2.16. The summed E-state index contributed by atoms with van der Waals surface area (Å²) < 4.78 is 5.25. The van der Waals surface area contributed by atoms with E-state index in [1.54, 1.807) is 19.5 Å². The van der Waals surface area contributed by atoms with Gasteiger partial charge in [0, 0.05) is 23.5 Å². The Morgan fingerprint density at radius 1 is 1.18 bits per heavy atom. The van der Waals surface area contributed by atoms with Crippen molar-refractivity contribution in [2.24, 2.45) is 0 Å². The van der Waals surface area contributed by atoms with Crippen LogP contribution in [0.2, 0.25) is 0 Å². The summed E-state index contributed by atoms with van der Waals surface area (Å²) in [6, 6.07) is 9.34. The molecule has 2 rings (SSSR count). The van der Waals surface area contributed by atoms with Gasteiger partial charge < -0.3 is 9.84 Å². The monoisotopic (exact) mass is 229 g/mol. The molecule has 3 heteroatoms. The molecule has 0 saturated heterocycles. The molecule has 0 amide bonds. The molecule has 1 N–H and O–H groups in total. The van der Waals surface area contributed by atoms with E-state index in [1.807, 2.05) is 37.3 Å². The number of hydrogen-bond acceptors (Lipinski definition) is 3. The molecular weight excluding hydrogens is 214 g/mol. The van der Waals surface area contributed by atoms with Crippen molar-refractivity contribution in [1.82, 2.24) is 4.98 Å². The quantitative estimate of drug-likeness (QED) is 0.879. The fourth-order valence-electron chi connectivity index (χ4n) is 1.82. The van der Waals surface area contributed by atoms with Crippen molar-refractivity contribution < 1.29 is 9.84 Å². The fourth-order valence-corrected chi connectivity index (χ4v) is 1.82. The molecule has 2 aromatic rings. The van der Waals surface area contributed by atoms with E-state index in [4.69, 9.17) is 4.74 Å². The second-order valence-corrected chi connectivity index (χ2v) is 3.88. The summed E-state index contributed by atoms with van der Waals surface area (Å²) in [6.07, 6.45) is 2.69. The van der Waals surface area contributed by atoms with Gasteiger partial charge in [-0.05, 0) is 24.6 Å². The third-order valence-corrected chi connectivity index (χ3v) is 2.81. The molecule has 0 bridgehead atoms. The van der Waals surface area contributed by atoms with E-state index < -0.39 is 6.10 Å². The Balaban J connectivity index is 2.44. The van der Waals surface area contributed by atoms with Gasteiger partial charge in [0.25, 0.3) is 0 Å². The van der Waals surface area contributed by atoms with Crippen molar-refractivity contribution in [2.75, 3.05) is 7.11 Å². The second kappa shape index (κ2) is 4.97. The SMILES string of the molecule is COc1ccccc1C(O)c1cnccc1C. The molecule has 1 unspecified atom stereocenters. The Bertz CT molecular complexity index is 511. The van der Waals surface area contributed by atoms with Crippen LogP contribution in [0.4, 0.5) is 0 Å². The van der Waals surface area contributed by atoms with Crippen LogP contribution in [0.1, 0.15) is 22.8 Å². The number of rotatable bonds is 3. The molecule has 0 aliphatic heterocycles. The molecule has 0 aliphatic rings. The number of aliphatic hydroxyl groups excluding tert-OH is 1. The maximum absolute atomic E-state index is 10.4. The molecule has 0 radical (unpaired) electrons. The van der Waals surface area contributed by atoms with Gasteiger partial charge in [0.15, 0.2) is 0 Å². The van der Waals surface area contributed by atoms with Crippen LogP contribution < -0.4 is 4.74 Å². The highest BCUT2D eigenvalue weighted by molar-refractivity contribution is 5.41. The Morgan fingerprint density at radius 2 is 1.94 bits per heavy atom. The third kappa shape index (κ3) is 2.29. The van der Waals surface area contributed by atoms with Crippen molar-refractivity contribution in [3.63, 3.8) is 0 Å². The zero-order chi connectivity index (χ0) is 12.3. The topological polar surface area (TPSA) is 42.4 Å². The molecule has 0 spiro atoms. The van der Waals surface area contributed by atoms with Crippen molar-refractivity contribution in [3.05, 3.63) is 59.4 Å². The van der Waals surface area contributed by atoms with E-state index in [-0.39, 0.29) is 0 Å². The number of para-hydroxylation sites is 1. The number of ether oxygens (including phenoxy) is 1. The van der Waals surface area contributed by atoms with Gasteiger partial charge in [-0.15, -0.1) is 0 Å². The van der Waals surface area contributed by atoms with Gasteiger partial charge in [-0.3, -0.25) is 4.98 Å². The second-order valence-electron chi connectivity index (χ2n) is 3.88. The standard InChI is InChI=1S/C14H15NO2/c1-10-7-8-15-9-12(10)14(16)11-5-3-4-6-13(11)17-2/h3-9,14,16H,1-2H3. The molecule has 0 fully saturated rings. The summed E-state index contributed by atoms with van der Waals surface area (Å²) in [5.41, 5.74) is 2.57. The van der Waals surface area contributed by atoms with Crippen LogP contribution in [0.3, 0.4) is 0 Å². The minimum absolute atomic E-state index is 0.684.